The molecule has 2 saturated carbocycles. The summed E-state index contributed by atoms with van der Waals surface area (Å²) >= 11 is 6.70. The van der Waals surface area contributed by atoms with Gasteiger partial charge in [0.2, 0.25) is 0 Å². The van der Waals surface area contributed by atoms with E-state index < -0.39 is 20.2 Å². The molecule has 0 unspecified atom stereocenters. The van der Waals surface area contributed by atoms with E-state index in [1.54, 1.807) is 0 Å². The Hall–Kier alpha value is -0.100. The molecular formula is C18H30Br2O4. The van der Waals surface area contributed by atoms with Crippen LogP contribution in [-0.4, -0.2) is 31.3 Å². The van der Waals surface area contributed by atoms with Gasteiger partial charge in [-0.3, -0.25) is 9.59 Å². The first-order chi connectivity index (χ1) is 10.4. The van der Waals surface area contributed by atoms with Crippen molar-refractivity contribution in [3.8, 4) is 0 Å². The fourth-order valence-corrected chi connectivity index (χ4v) is 6.71. The number of esters is 1. The maximum Gasteiger partial charge on any atom is 0.323 e. The van der Waals surface area contributed by atoms with Gasteiger partial charge in [0, 0.05) is 0 Å². The van der Waals surface area contributed by atoms with E-state index in [9.17, 15) is 9.59 Å². The van der Waals surface area contributed by atoms with Gasteiger partial charge in [-0.2, -0.15) is 0 Å². The van der Waals surface area contributed by atoms with E-state index in [1.807, 2.05) is 20.8 Å². The highest BCUT2D eigenvalue weighted by Gasteiger charge is 2.54. The lowest BCUT2D eigenvalue weighted by Crippen LogP contribution is -2.52. The Morgan fingerprint density at radius 2 is 1.21 bits per heavy atom. The molecule has 2 aliphatic carbocycles. The number of carbonyl (C=O) groups excluding carboxylic acids is 1. The standard InChI is InChI=1S/C11H19BrO2.C7H11BrO2/c1-9(2,3)14-8(13)11(12)6-10(4,5)7-11;1-6(2)3-7(8,4-6)5(9)10/h6-7H2,1-5H3;3-4H2,1-2H3,(H,9,10). The zero-order chi connectivity index (χ0) is 19.2. The molecule has 0 bridgehead atoms. The summed E-state index contributed by atoms with van der Waals surface area (Å²) in [5.74, 6) is -0.851. The van der Waals surface area contributed by atoms with E-state index in [0.717, 1.165) is 25.7 Å². The van der Waals surface area contributed by atoms with E-state index in [4.69, 9.17) is 9.84 Å². The minimum atomic E-state index is -0.730. The Morgan fingerprint density at radius 3 is 1.42 bits per heavy atom. The Labute approximate surface area is 162 Å². The topological polar surface area (TPSA) is 63.6 Å². The second-order valence-corrected chi connectivity index (χ2v) is 12.8. The van der Waals surface area contributed by atoms with Gasteiger partial charge in [0.25, 0.3) is 0 Å². The molecule has 0 radical (unpaired) electrons. The van der Waals surface area contributed by atoms with Crippen LogP contribution in [0.15, 0.2) is 0 Å². The minimum absolute atomic E-state index is 0.121. The first-order valence-corrected chi connectivity index (χ1v) is 9.83. The number of alkyl halides is 2. The average Bonchev–Trinajstić information content (AvgIpc) is 2.21. The Bertz CT molecular complexity index is 502. The zero-order valence-electron chi connectivity index (χ0n) is 15.8. The lowest BCUT2D eigenvalue weighted by atomic mass is 9.64. The molecule has 2 rings (SSSR count). The number of carbonyl (C=O) groups is 2. The van der Waals surface area contributed by atoms with Gasteiger partial charge in [0.05, 0.1) is 0 Å². The van der Waals surface area contributed by atoms with Crippen LogP contribution in [-0.2, 0) is 14.3 Å². The summed E-state index contributed by atoms with van der Waals surface area (Å²) < 4.78 is 4.31. The van der Waals surface area contributed by atoms with Crippen molar-refractivity contribution < 1.29 is 19.4 Å². The number of carboxylic acid groups (broad SMARTS) is 1. The number of halogens is 2. The Balaban J connectivity index is 0.000000254. The average molecular weight is 470 g/mol. The highest BCUT2D eigenvalue weighted by atomic mass is 79.9. The van der Waals surface area contributed by atoms with Crippen LogP contribution in [0.25, 0.3) is 0 Å². The van der Waals surface area contributed by atoms with Gasteiger partial charge in [0.1, 0.15) is 14.2 Å². The maximum absolute atomic E-state index is 11.8. The maximum atomic E-state index is 11.8. The molecule has 0 spiro atoms. The largest absolute Gasteiger partial charge is 0.480 e. The number of aliphatic carboxylic acids is 1. The number of hydrogen-bond donors (Lipinski definition) is 1. The molecule has 6 heteroatoms. The van der Waals surface area contributed by atoms with Crippen molar-refractivity contribution in [3.63, 3.8) is 0 Å². The summed E-state index contributed by atoms with van der Waals surface area (Å²) in [5, 5.41) is 8.68. The molecule has 24 heavy (non-hydrogen) atoms. The molecule has 0 aliphatic heterocycles. The normalized spacial score (nSPS) is 25.2. The lowest BCUT2D eigenvalue weighted by Gasteiger charge is -2.48. The second kappa shape index (κ2) is 6.57. The predicted octanol–water partition coefficient (Wildman–Crippen LogP) is 5.31. The second-order valence-electron chi connectivity index (χ2n) is 9.77. The summed E-state index contributed by atoms with van der Waals surface area (Å²) in [6, 6.07) is 0. The van der Waals surface area contributed by atoms with Crippen LogP contribution in [0.3, 0.4) is 0 Å². The van der Waals surface area contributed by atoms with Crippen molar-refractivity contribution in [3.05, 3.63) is 0 Å². The zero-order valence-corrected chi connectivity index (χ0v) is 18.9. The fourth-order valence-electron chi connectivity index (χ4n) is 3.60. The third kappa shape index (κ3) is 5.72. The van der Waals surface area contributed by atoms with Gasteiger partial charge in [-0.1, -0.05) is 59.6 Å². The van der Waals surface area contributed by atoms with E-state index >= 15 is 0 Å². The van der Waals surface area contributed by atoms with Gasteiger partial charge in [-0.25, -0.2) is 0 Å². The summed E-state index contributed by atoms with van der Waals surface area (Å²) in [6.07, 6.45) is 3.18. The van der Waals surface area contributed by atoms with E-state index in [2.05, 4.69) is 59.6 Å². The van der Waals surface area contributed by atoms with E-state index in [1.165, 1.54) is 0 Å². The van der Waals surface area contributed by atoms with Gasteiger partial charge in [-0.15, -0.1) is 0 Å². The first kappa shape index (κ1) is 21.9. The number of rotatable bonds is 2. The first-order valence-electron chi connectivity index (χ1n) is 8.25. The van der Waals surface area contributed by atoms with Crippen LogP contribution in [0, 0.1) is 10.8 Å². The molecule has 0 aromatic heterocycles. The van der Waals surface area contributed by atoms with Crippen molar-refractivity contribution >= 4 is 43.8 Å². The summed E-state index contributed by atoms with van der Waals surface area (Å²) in [6.45, 7) is 14.2. The molecule has 140 valence electrons. The van der Waals surface area contributed by atoms with Crippen molar-refractivity contribution in [1.82, 2.24) is 0 Å². The number of ether oxygens (including phenoxy) is 1. The van der Waals surface area contributed by atoms with Crippen LogP contribution >= 0.6 is 31.9 Å². The predicted molar refractivity (Wildman–Crippen MR) is 103 cm³/mol. The molecule has 0 heterocycles. The van der Waals surface area contributed by atoms with Gasteiger partial charge >= 0.3 is 11.9 Å². The van der Waals surface area contributed by atoms with Crippen molar-refractivity contribution in [2.75, 3.05) is 0 Å². The molecule has 2 fully saturated rings. The highest BCUT2D eigenvalue weighted by molar-refractivity contribution is 9.10. The Morgan fingerprint density at radius 1 is 0.875 bits per heavy atom. The van der Waals surface area contributed by atoms with E-state index in [-0.39, 0.29) is 16.8 Å². The molecule has 4 nitrogen and oxygen atoms in total. The third-order valence-corrected chi connectivity index (χ3v) is 5.97. The SMILES string of the molecule is CC1(C)CC(Br)(C(=O)O)C1.CC1(C)CC(Br)(C(=O)OC(C)(C)C)C1. The van der Waals surface area contributed by atoms with Gasteiger partial charge in [0.15, 0.2) is 0 Å². The molecule has 0 saturated heterocycles. The summed E-state index contributed by atoms with van der Waals surface area (Å²) in [5.41, 5.74) is 0.0832. The molecule has 0 aromatic carbocycles. The van der Waals surface area contributed by atoms with Crippen LogP contribution in [0.5, 0.6) is 0 Å². The lowest BCUT2D eigenvalue weighted by molar-refractivity contribution is -0.163. The van der Waals surface area contributed by atoms with Crippen LogP contribution in [0.1, 0.15) is 74.1 Å². The van der Waals surface area contributed by atoms with E-state index in [0.29, 0.717) is 0 Å². The molecule has 0 amide bonds. The van der Waals surface area contributed by atoms with Crippen LogP contribution < -0.4 is 0 Å². The highest BCUT2D eigenvalue weighted by Crippen LogP contribution is 2.54. The van der Waals surface area contributed by atoms with Crippen molar-refractivity contribution in [2.24, 2.45) is 10.8 Å². The Kier molecular flexibility index (Phi) is 6.00. The molecule has 0 atom stereocenters. The minimum Gasteiger partial charge on any atom is -0.480 e. The van der Waals surface area contributed by atoms with Crippen LogP contribution in [0.2, 0.25) is 0 Å². The monoisotopic (exact) mass is 468 g/mol. The van der Waals surface area contributed by atoms with Gasteiger partial charge in [-0.05, 0) is 57.3 Å². The van der Waals surface area contributed by atoms with Crippen LogP contribution in [0.4, 0.5) is 0 Å². The van der Waals surface area contributed by atoms with Gasteiger partial charge < -0.3 is 9.84 Å². The smallest absolute Gasteiger partial charge is 0.323 e. The number of hydrogen-bond acceptors (Lipinski definition) is 3. The quantitative estimate of drug-likeness (QED) is 0.439. The fraction of sp³-hybridized carbons (Fsp3) is 0.889. The van der Waals surface area contributed by atoms with Crippen molar-refractivity contribution in [2.45, 2.75) is 88.4 Å². The molecular weight excluding hydrogens is 440 g/mol. The number of carboxylic acids is 1. The molecule has 2 aliphatic rings. The summed E-state index contributed by atoms with van der Waals surface area (Å²) in [4.78, 5) is 22.3. The molecule has 0 aromatic rings. The molecule has 1 N–H and O–H groups in total. The summed E-state index contributed by atoms with van der Waals surface area (Å²) in [7, 11) is 0. The third-order valence-electron chi connectivity index (χ3n) is 4.18. The van der Waals surface area contributed by atoms with Crippen molar-refractivity contribution in [1.29, 1.82) is 0 Å².